The molecule has 0 saturated heterocycles. The van der Waals surface area contributed by atoms with Crippen LogP contribution in [0.5, 0.6) is 0 Å². The van der Waals surface area contributed by atoms with Gasteiger partial charge in [-0.05, 0) is 49.4 Å². The van der Waals surface area contributed by atoms with Crippen LogP contribution in [0.1, 0.15) is 44.5 Å². The van der Waals surface area contributed by atoms with Crippen molar-refractivity contribution in [2.24, 2.45) is 0 Å². The normalized spacial score (nSPS) is 14.4. The van der Waals surface area contributed by atoms with Gasteiger partial charge in [0.15, 0.2) is 5.76 Å². The number of thiophene rings is 1. The van der Waals surface area contributed by atoms with E-state index in [-0.39, 0.29) is 5.78 Å². The highest BCUT2D eigenvalue weighted by molar-refractivity contribution is 7.14. The van der Waals surface area contributed by atoms with Gasteiger partial charge in [-0.25, -0.2) is 0 Å². The fraction of sp³-hybridized carbons (Fsp3) is 0.400. The molecule has 0 atom stereocenters. The van der Waals surface area contributed by atoms with Crippen LogP contribution in [0.25, 0.3) is 0 Å². The lowest BCUT2D eigenvalue weighted by molar-refractivity contribution is 0.100. The summed E-state index contributed by atoms with van der Waals surface area (Å²) >= 11 is 1.62. The molecule has 2 aromatic rings. The average molecular weight is 276 g/mol. The Morgan fingerprint density at radius 3 is 3.00 bits per heavy atom. The van der Waals surface area contributed by atoms with E-state index in [1.807, 2.05) is 6.07 Å². The molecule has 0 bridgehead atoms. The minimum Gasteiger partial charge on any atom is -0.455 e. The first-order chi connectivity index (χ1) is 9.28. The second-order valence-corrected chi connectivity index (χ2v) is 5.93. The maximum Gasteiger partial charge on any atom is 0.238 e. The summed E-state index contributed by atoms with van der Waals surface area (Å²) in [5.74, 6) is 1.08. The lowest BCUT2D eigenvalue weighted by Gasteiger charge is -2.08. The van der Waals surface area contributed by atoms with E-state index in [1.54, 1.807) is 30.6 Å². The maximum atomic E-state index is 12.4. The molecule has 2 heterocycles. The van der Waals surface area contributed by atoms with Crippen molar-refractivity contribution in [3.05, 3.63) is 45.0 Å². The van der Waals surface area contributed by atoms with Gasteiger partial charge in [0.1, 0.15) is 12.4 Å². The fourth-order valence-electron chi connectivity index (χ4n) is 2.44. The van der Waals surface area contributed by atoms with E-state index < -0.39 is 0 Å². The molecule has 0 N–H and O–H groups in total. The van der Waals surface area contributed by atoms with Gasteiger partial charge in [0.2, 0.25) is 5.78 Å². The summed E-state index contributed by atoms with van der Waals surface area (Å²) < 4.78 is 10.5. The molecule has 0 spiro atoms. The van der Waals surface area contributed by atoms with Gasteiger partial charge in [0.25, 0.3) is 0 Å². The standard InChI is InChI=1S/C15H16O3S/c1-17-9-11-6-7-12(18-11)15(16)14-8-10-4-2-3-5-13(10)19-14/h6-8H,2-5,9H2,1H3. The lowest BCUT2D eigenvalue weighted by Crippen LogP contribution is -1.97. The van der Waals surface area contributed by atoms with E-state index in [4.69, 9.17) is 9.15 Å². The van der Waals surface area contributed by atoms with E-state index >= 15 is 0 Å². The molecule has 1 aliphatic rings. The van der Waals surface area contributed by atoms with Crippen LogP contribution >= 0.6 is 11.3 Å². The average Bonchev–Trinajstić information content (AvgIpc) is 3.04. The zero-order chi connectivity index (χ0) is 13.2. The molecule has 0 amide bonds. The second-order valence-electron chi connectivity index (χ2n) is 4.79. The Balaban J connectivity index is 1.84. The van der Waals surface area contributed by atoms with Crippen molar-refractivity contribution in [2.75, 3.05) is 7.11 Å². The molecule has 2 aromatic heterocycles. The van der Waals surface area contributed by atoms with E-state index in [2.05, 4.69) is 0 Å². The summed E-state index contributed by atoms with van der Waals surface area (Å²) in [6.07, 6.45) is 4.68. The summed E-state index contributed by atoms with van der Waals surface area (Å²) in [6.45, 7) is 0.397. The van der Waals surface area contributed by atoms with Gasteiger partial charge in [0.05, 0.1) is 4.88 Å². The van der Waals surface area contributed by atoms with Crippen molar-refractivity contribution < 1.29 is 13.9 Å². The predicted octanol–water partition coefficient (Wildman–Crippen LogP) is 3.60. The van der Waals surface area contributed by atoms with Crippen molar-refractivity contribution in [3.8, 4) is 0 Å². The quantitative estimate of drug-likeness (QED) is 0.801. The molecule has 100 valence electrons. The van der Waals surface area contributed by atoms with Crippen LogP contribution in [0.4, 0.5) is 0 Å². The van der Waals surface area contributed by atoms with Crippen molar-refractivity contribution in [2.45, 2.75) is 32.3 Å². The molecule has 0 radical (unpaired) electrons. The third-order valence-electron chi connectivity index (χ3n) is 3.39. The third-order valence-corrected chi connectivity index (χ3v) is 4.63. The maximum absolute atomic E-state index is 12.4. The topological polar surface area (TPSA) is 39.4 Å². The number of methoxy groups -OCH3 is 1. The SMILES string of the molecule is COCc1ccc(C(=O)c2cc3c(s2)CCCC3)o1. The number of ether oxygens (including phenoxy) is 1. The number of ketones is 1. The second kappa shape index (κ2) is 5.31. The van der Waals surface area contributed by atoms with Crippen LogP contribution in [0.2, 0.25) is 0 Å². The van der Waals surface area contributed by atoms with Crippen molar-refractivity contribution >= 4 is 17.1 Å². The van der Waals surface area contributed by atoms with Crippen LogP contribution < -0.4 is 0 Å². The molecule has 3 nitrogen and oxygen atoms in total. The van der Waals surface area contributed by atoms with Gasteiger partial charge in [0, 0.05) is 12.0 Å². The Bertz CT molecular complexity index is 571. The Hall–Kier alpha value is -1.39. The first-order valence-electron chi connectivity index (χ1n) is 6.52. The summed E-state index contributed by atoms with van der Waals surface area (Å²) in [4.78, 5) is 14.5. The first kappa shape index (κ1) is 12.6. The number of furan rings is 1. The largest absolute Gasteiger partial charge is 0.455 e. The summed E-state index contributed by atoms with van der Waals surface area (Å²) in [5.41, 5.74) is 1.35. The molecule has 4 heteroatoms. The minimum absolute atomic E-state index is 0.0123. The van der Waals surface area contributed by atoms with E-state index in [1.165, 1.54) is 23.3 Å². The molecule has 0 aromatic carbocycles. The highest BCUT2D eigenvalue weighted by Crippen LogP contribution is 2.31. The van der Waals surface area contributed by atoms with Crippen molar-refractivity contribution in [1.82, 2.24) is 0 Å². The van der Waals surface area contributed by atoms with Crippen molar-refractivity contribution in [3.63, 3.8) is 0 Å². The molecule has 19 heavy (non-hydrogen) atoms. The molecular formula is C15H16O3S. The Labute approximate surface area is 116 Å². The highest BCUT2D eigenvalue weighted by Gasteiger charge is 2.20. The molecule has 0 saturated carbocycles. The number of carbonyl (C=O) groups is 1. The third kappa shape index (κ3) is 2.51. The summed E-state index contributed by atoms with van der Waals surface area (Å²) in [5, 5.41) is 0. The smallest absolute Gasteiger partial charge is 0.238 e. The van der Waals surface area contributed by atoms with Crippen LogP contribution in [0.3, 0.4) is 0 Å². The highest BCUT2D eigenvalue weighted by atomic mass is 32.1. The van der Waals surface area contributed by atoms with Crippen LogP contribution in [-0.4, -0.2) is 12.9 Å². The number of carbonyl (C=O) groups excluding carboxylic acids is 1. The lowest BCUT2D eigenvalue weighted by atomic mass is 9.99. The van der Waals surface area contributed by atoms with Gasteiger partial charge in [-0.15, -0.1) is 11.3 Å². The van der Waals surface area contributed by atoms with Gasteiger partial charge < -0.3 is 9.15 Å². The first-order valence-corrected chi connectivity index (χ1v) is 7.33. The molecule has 3 rings (SSSR count). The van der Waals surface area contributed by atoms with Crippen molar-refractivity contribution in [1.29, 1.82) is 0 Å². The van der Waals surface area contributed by atoms with Gasteiger partial charge in [-0.3, -0.25) is 4.79 Å². The van der Waals surface area contributed by atoms with Crippen LogP contribution in [0, 0.1) is 0 Å². The number of rotatable bonds is 4. The molecule has 0 aliphatic heterocycles. The van der Waals surface area contributed by atoms with E-state index in [0.29, 0.717) is 18.1 Å². The molecule has 0 fully saturated rings. The number of hydrogen-bond acceptors (Lipinski definition) is 4. The van der Waals surface area contributed by atoms with E-state index in [9.17, 15) is 4.79 Å². The molecule has 0 unspecified atom stereocenters. The van der Waals surface area contributed by atoms with Gasteiger partial charge in [-0.1, -0.05) is 0 Å². The number of fused-ring (bicyclic) bond motifs is 1. The number of aryl methyl sites for hydroxylation is 2. The predicted molar refractivity (Wildman–Crippen MR) is 73.8 cm³/mol. The fourth-order valence-corrected chi connectivity index (χ4v) is 3.64. The summed E-state index contributed by atoms with van der Waals surface area (Å²) in [6, 6.07) is 5.57. The van der Waals surface area contributed by atoms with Crippen LogP contribution in [-0.2, 0) is 24.2 Å². The summed E-state index contributed by atoms with van der Waals surface area (Å²) in [7, 11) is 1.61. The van der Waals surface area contributed by atoms with E-state index in [0.717, 1.165) is 17.7 Å². The minimum atomic E-state index is -0.0123. The zero-order valence-corrected chi connectivity index (χ0v) is 11.7. The van der Waals surface area contributed by atoms with Gasteiger partial charge in [-0.2, -0.15) is 0 Å². The van der Waals surface area contributed by atoms with Gasteiger partial charge >= 0.3 is 0 Å². The van der Waals surface area contributed by atoms with Crippen LogP contribution in [0.15, 0.2) is 22.6 Å². The molecular weight excluding hydrogens is 260 g/mol. The monoisotopic (exact) mass is 276 g/mol. The Morgan fingerprint density at radius 2 is 2.21 bits per heavy atom. The Morgan fingerprint density at radius 1 is 1.37 bits per heavy atom. The Kier molecular flexibility index (Phi) is 3.53. The zero-order valence-electron chi connectivity index (χ0n) is 10.9. The molecule has 1 aliphatic carbocycles. The number of hydrogen-bond donors (Lipinski definition) is 0.